The zero-order valence-corrected chi connectivity index (χ0v) is 20.1. The molecular weight excluding hydrogens is 468 g/mol. The number of thiocarbonyl (C=S) groups is 2. The van der Waals surface area contributed by atoms with Gasteiger partial charge in [-0.05, 0) is 42.7 Å². The highest BCUT2D eigenvalue weighted by Gasteiger charge is 2.45. The van der Waals surface area contributed by atoms with Crippen LogP contribution in [0.4, 0.5) is 10.1 Å². The SMILES string of the molecule is O=C1C(C(SC(=S)Nc2ccc(F)cc2)c2ccccc2)SC(=S)N1C1CCCCC1. The van der Waals surface area contributed by atoms with E-state index in [-0.39, 0.29) is 28.3 Å². The molecule has 2 atom stereocenters. The first-order chi connectivity index (χ1) is 15.0. The van der Waals surface area contributed by atoms with Gasteiger partial charge in [0.1, 0.15) is 19.7 Å². The van der Waals surface area contributed by atoms with Crippen LogP contribution in [0.2, 0.25) is 0 Å². The lowest BCUT2D eigenvalue weighted by molar-refractivity contribution is -0.128. The Balaban J connectivity index is 1.54. The number of halogens is 1. The number of benzene rings is 2. The Labute approximate surface area is 201 Å². The van der Waals surface area contributed by atoms with Crippen molar-refractivity contribution in [3.05, 3.63) is 66.0 Å². The third-order valence-corrected chi connectivity index (χ3v) is 8.86. The molecule has 8 heteroatoms. The largest absolute Gasteiger partial charge is 0.341 e. The molecule has 1 saturated carbocycles. The average molecular weight is 491 g/mol. The van der Waals surface area contributed by atoms with Gasteiger partial charge in [0.05, 0.1) is 5.25 Å². The first kappa shape index (κ1) is 22.7. The maximum atomic E-state index is 13.5. The smallest absolute Gasteiger partial charge is 0.243 e. The van der Waals surface area contributed by atoms with Crippen LogP contribution in [0, 0.1) is 5.82 Å². The lowest BCUT2D eigenvalue weighted by Crippen LogP contribution is -2.42. The summed E-state index contributed by atoms with van der Waals surface area (Å²) in [4.78, 5) is 15.4. The topological polar surface area (TPSA) is 32.3 Å². The third kappa shape index (κ3) is 5.48. The number of carbonyl (C=O) groups is 1. The van der Waals surface area contributed by atoms with Crippen LogP contribution in [0.15, 0.2) is 54.6 Å². The fourth-order valence-corrected chi connectivity index (χ4v) is 7.36. The molecule has 2 aromatic rings. The van der Waals surface area contributed by atoms with Crippen LogP contribution >= 0.6 is 48.0 Å². The minimum Gasteiger partial charge on any atom is -0.341 e. The Bertz CT molecular complexity index is 948. The lowest BCUT2D eigenvalue weighted by Gasteiger charge is -2.31. The highest BCUT2D eigenvalue weighted by atomic mass is 32.2. The predicted molar refractivity (Wildman–Crippen MR) is 137 cm³/mol. The molecule has 1 saturated heterocycles. The molecule has 1 amide bonds. The molecule has 0 radical (unpaired) electrons. The fraction of sp³-hybridized carbons (Fsp3) is 0.348. The Morgan fingerprint density at radius 3 is 2.45 bits per heavy atom. The van der Waals surface area contributed by atoms with Gasteiger partial charge in [0, 0.05) is 11.7 Å². The molecule has 162 valence electrons. The first-order valence-corrected chi connectivity index (χ1v) is 12.9. The van der Waals surface area contributed by atoms with Crippen molar-refractivity contribution in [3.63, 3.8) is 0 Å². The van der Waals surface area contributed by atoms with Crippen LogP contribution in [0.5, 0.6) is 0 Å². The molecule has 1 N–H and O–H groups in total. The lowest BCUT2D eigenvalue weighted by atomic mass is 9.94. The first-order valence-electron chi connectivity index (χ1n) is 10.3. The minimum atomic E-state index is -0.324. The Morgan fingerprint density at radius 2 is 1.77 bits per heavy atom. The molecule has 2 fully saturated rings. The molecule has 2 aliphatic rings. The van der Waals surface area contributed by atoms with E-state index < -0.39 is 0 Å². The molecule has 0 bridgehead atoms. The molecular formula is C23H23FN2OS4. The molecule has 4 rings (SSSR count). The maximum Gasteiger partial charge on any atom is 0.243 e. The number of hydrogen-bond acceptors (Lipinski definition) is 5. The molecule has 1 aliphatic carbocycles. The summed E-state index contributed by atoms with van der Waals surface area (Å²) in [5.74, 6) is -0.205. The van der Waals surface area contributed by atoms with Crippen molar-refractivity contribution in [1.82, 2.24) is 4.90 Å². The van der Waals surface area contributed by atoms with Gasteiger partial charge in [0.15, 0.2) is 0 Å². The molecule has 0 aromatic heterocycles. The molecule has 1 aliphatic heterocycles. The standard InChI is InChI=1S/C23H23FN2OS4/c24-16-11-13-17(14-12-16)25-22(28)30-19(15-7-3-1-4-8-15)20-21(27)26(23(29)31-20)18-9-5-2-6-10-18/h1,3-4,7-8,11-14,18-20H,2,5-6,9-10H2,(H,25,28). The third-order valence-electron chi connectivity index (χ3n) is 5.57. The summed E-state index contributed by atoms with van der Waals surface area (Å²) in [6, 6.07) is 16.3. The zero-order chi connectivity index (χ0) is 21.8. The molecule has 31 heavy (non-hydrogen) atoms. The molecule has 3 nitrogen and oxygen atoms in total. The van der Waals surface area contributed by atoms with Gasteiger partial charge < -0.3 is 5.32 Å². The highest BCUT2D eigenvalue weighted by molar-refractivity contribution is 8.26. The second kappa shape index (κ2) is 10.4. The van der Waals surface area contributed by atoms with E-state index in [1.165, 1.54) is 42.1 Å². The van der Waals surface area contributed by atoms with Gasteiger partial charge >= 0.3 is 0 Å². The van der Waals surface area contributed by atoms with E-state index in [0.29, 0.717) is 8.64 Å². The zero-order valence-electron chi connectivity index (χ0n) is 16.8. The van der Waals surface area contributed by atoms with Gasteiger partial charge in [0.2, 0.25) is 5.91 Å². The Hall–Kier alpha value is -1.48. The Morgan fingerprint density at radius 1 is 1.10 bits per heavy atom. The van der Waals surface area contributed by atoms with Gasteiger partial charge in [-0.1, -0.05) is 97.6 Å². The van der Waals surface area contributed by atoms with Crippen molar-refractivity contribution >= 4 is 68.2 Å². The van der Waals surface area contributed by atoms with Crippen molar-refractivity contribution < 1.29 is 9.18 Å². The van der Waals surface area contributed by atoms with Crippen molar-refractivity contribution in [2.75, 3.05) is 5.32 Å². The van der Waals surface area contributed by atoms with E-state index in [0.717, 1.165) is 36.9 Å². The maximum absolute atomic E-state index is 13.5. The molecule has 1 heterocycles. The van der Waals surface area contributed by atoms with Gasteiger partial charge in [-0.25, -0.2) is 4.39 Å². The number of carbonyl (C=O) groups excluding carboxylic acids is 1. The summed E-state index contributed by atoms with van der Waals surface area (Å²) in [5.41, 5.74) is 1.75. The number of thioether (sulfide) groups is 2. The number of nitrogens with one attached hydrogen (secondary N) is 1. The quantitative estimate of drug-likeness (QED) is 0.478. The van der Waals surface area contributed by atoms with Crippen molar-refractivity contribution in [2.45, 2.75) is 48.6 Å². The fourth-order valence-electron chi connectivity index (χ4n) is 4.05. The molecule has 0 spiro atoms. The van der Waals surface area contributed by atoms with Crippen LogP contribution in [0.3, 0.4) is 0 Å². The van der Waals surface area contributed by atoms with Gasteiger partial charge in [-0.2, -0.15) is 0 Å². The summed E-state index contributed by atoms with van der Waals surface area (Å²) in [6.07, 6.45) is 5.57. The van der Waals surface area contributed by atoms with E-state index in [1.807, 2.05) is 35.2 Å². The van der Waals surface area contributed by atoms with Crippen molar-refractivity contribution in [2.24, 2.45) is 0 Å². The summed E-state index contributed by atoms with van der Waals surface area (Å²) in [5, 5.41) is 2.65. The van der Waals surface area contributed by atoms with Gasteiger partial charge in [-0.15, -0.1) is 0 Å². The summed E-state index contributed by atoms with van der Waals surface area (Å²) in [7, 11) is 0. The number of anilines is 1. The van der Waals surface area contributed by atoms with Gasteiger partial charge in [-0.3, -0.25) is 9.69 Å². The van der Waals surface area contributed by atoms with E-state index in [9.17, 15) is 9.18 Å². The average Bonchev–Trinajstić information content (AvgIpc) is 3.08. The van der Waals surface area contributed by atoms with Crippen LogP contribution in [-0.4, -0.2) is 30.7 Å². The van der Waals surface area contributed by atoms with E-state index in [4.69, 9.17) is 24.4 Å². The monoisotopic (exact) mass is 490 g/mol. The number of hydrogen-bond donors (Lipinski definition) is 1. The Kier molecular flexibility index (Phi) is 7.63. The highest BCUT2D eigenvalue weighted by Crippen LogP contribution is 2.45. The van der Waals surface area contributed by atoms with E-state index >= 15 is 0 Å². The molecule has 2 aromatic carbocycles. The number of amides is 1. The van der Waals surface area contributed by atoms with E-state index in [1.54, 1.807) is 12.1 Å². The van der Waals surface area contributed by atoms with Crippen LogP contribution in [0.25, 0.3) is 0 Å². The second-order valence-electron chi connectivity index (χ2n) is 7.67. The number of rotatable bonds is 5. The van der Waals surface area contributed by atoms with Crippen LogP contribution < -0.4 is 5.32 Å². The van der Waals surface area contributed by atoms with Crippen LogP contribution in [0.1, 0.15) is 42.9 Å². The van der Waals surface area contributed by atoms with Crippen molar-refractivity contribution in [3.8, 4) is 0 Å². The summed E-state index contributed by atoms with van der Waals surface area (Å²) < 4.78 is 14.4. The summed E-state index contributed by atoms with van der Waals surface area (Å²) in [6.45, 7) is 0. The van der Waals surface area contributed by atoms with Gasteiger partial charge in [0.25, 0.3) is 0 Å². The molecule has 2 unspecified atom stereocenters. The number of nitrogens with zero attached hydrogens (tertiary/aromatic N) is 1. The minimum absolute atomic E-state index is 0.0906. The summed E-state index contributed by atoms with van der Waals surface area (Å²) >= 11 is 14.2. The predicted octanol–water partition coefficient (Wildman–Crippen LogP) is 6.56. The van der Waals surface area contributed by atoms with Crippen molar-refractivity contribution in [1.29, 1.82) is 0 Å². The normalized spacial score (nSPS) is 20.7. The second-order valence-corrected chi connectivity index (χ2v) is 11.3. The van der Waals surface area contributed by atoms with E-state index in [2.05, 4.69) is 5.32 Å². The van der Waals surface area contributed by atoms with Crippen LogP contribution in [-0.2, 0) is 4.79 Å².